The van der Waals surface area contributed by atoms with Gasteiger partial charge in [-0.25, -0.2) is 18.3 Å². The zero-order chi connectivity index (χ0) is 22.4. The average Bonchev–Trinajstić information content (AvgIpc) is 3.08. The Morgan fingerprint density at radius 3 is 2.91 bits per heavy atom. The lowest BCUT2D eigenvalue weighted by Gasteiger charge is -2.45. The maximum atomic E-state index is 14.9. The van der Waals surface area contributed by atoms with E-state index in [-0.39, 0.29) is 40.4 Å². The highest BCUT2D eigenvalue weighted by atomic mass is 19.1. The number of amides is 2. The molecule has 10 nitrogen and oxygen atoms in total. The molecule has 2 aliphatic rings. The number of nitrogens with one attached hydrogen (secondary N) is 1. The topological polar surface area (TPSA) is 122 Å². The number of carbonyl (C=O) groups is 2. The Balaban J connectivity index is 1.45. The molecule has 0 radical (unpaired) electrons. The number of nitrogens with two attached hydrogens (primary N) is 1. The van der Waals surface area contributed by atoms with Crippen LogP contribution in [0, 0.1) is 11.6 Å². The van der Waals surface area contributed by atoms with E-state index >= 15 is 0 Å². The molecule has 3 aromatic heterocycles. The molecule has 166 valence electrons. The average molecular weight is 442 g/mol. The number of halogens is 2. The quantitative estimate of drug-likeness (QED) is 0.629. The zero-order valence-electron chi connectivity index (χ0n) is 17.0. The van der Waals surface area contributed by atoms with Gasteiger partial charge in [0.05, 0.1) is 30.5 Å². The Morgan fingerprint density at radius 2 is 2.06 bits per heavy atom. The molecular formula is C20H20F2N8O2. The SMILES string of the molecule is Nc1nn2cc(F)cnc2c1C(=O)Nc1cncc(F)c1N1CCN2C(=O)CCC[C@@H]2C1. The Labute approximate surface area is 181 Å². The molecule has 3 aromatic rings. The van der Waals surface area contributed by atoms with Gasteiger partial charge in [0.1, 0.15) is 11.3 Å². The van der Waals surface area contributed by atoms with Crippen molar-refractivity contribution < 1.29 is 18.4 Å². The number of pyridine rings is 1. The first-order chi connectivity index (χ1) is 15.4. The summed E-state index contributed by atoms with van der Waals surface area (Å²) in [5, 5.41) is 6.56. The van der Waals surface area contributed by atoms with Crippen LogP contribution in [0.5, 0.6) is 0 Å². The number of carbonyl (C=O) groups excluding carboxylic acids is 2. The van der Waals surface area contributed by atoms with Gasteiger partial charge in [-0.2, -0.15) is 0 Å². The number of nitrogen functional groups attached to an aromatic ring is 1. The first-order valence-corrected chi connectivity index (χ1v) is 10.2. The van der Waals surface area contributed by atoms with E-state index in [1.165, 1.54) is 6.20 Å². The fourth-order valence-electron chi connectivity index (χ4n) is 4.44. The number of piperidine rings is 1. The van der Waals surface area contributed by atoms with E-state index < -0.39 is 17.5 Å². The molecule has 2 fully saturated rings. The number of aromatic nitrogens is 4. The van der Waals surface area contributed by atoms with E-state index in [0.717, 1.165) is 35.9 Å². The van der Waals surface area contributed by atoms with Crippen LogP contribution in [0.2, 0.25) is 0 Å². The fourth-order valence-corrected chi connectivity index (χ4v) is 4.44. The van der Waals surface area contributed by atoms with Crippen molar-refractivity contribution in [1.29, 1.82) is 0 Å². The number of hydrogen-bond acceptors (Lipinski definition) is 7. The fraction of sp³-hybridized carbons (Fsp3) is 0.350. The van der Waals surface area contributed by atoms with Crippen molar-refractivity contribution in [3.63, 3.8) is 0 Å². The molecule has 2 saturated heterocycles. The van der Waals surface area contributed by atoms with Crippen molar-refractivity contribution in [3.05, 3.63) is 42.0 Å². The lowest BCUT2D eigenvalue weighted by atomic mass is 9.98. The first kappa shape index (κ1) is 20.1. The van der Waals surface area contributed by atoms with Crippen LogP contribution >= 0.6 is 0 Å². The van der Waals surface area contributed by atoms with Crippen molar-refractivity contribution in [3.8, 4) is 0 Å². The third-order valence-electron chi connectivity index (χ3n) is 5.86. The maximum absolute atomic E-state index is 14.9. The standard InChI is InChI=1S/C20H20F2N8O2/c21-11-6-25-19-16(18(23)27-30(19)9-11)20(32)26-14-8-24-7-13(22)17(14)28-4-5-29-12(10-28)2-1-3-15(29)31/h6-9,12H,1-5,10H2,(H2,23,27)(H,26,32)/t12-/m1/s1. The molecule has 0 aromatic carbocycles. The Kier molecular flexibility index (Phi) is 4.83. The summed E-state index contributed by atoms with van der Waals surface area (Å²) in [6, 6.07) is -0.00419. The molecule has 12 heteroatoms. The maximum Gasteiger partial charge on any atom is 0.263 e. The van der Waals surface area contributed by atoms with Crippen LogP contribution in [-0.4, -0.2) is 62.0 Å². The van der Waals surface area contributed by atoms with Crippen molar-refractivity contribution in [2.24, 2.45) is 0 Å². The molecule has 2 amide bonds. The van der Waals surface area contributed by atoms with E-state index in [9.17, 15) is 18.4 Å². The summed E-state index contributed by atoms with van der Waals surface area (Å²) in [6.45, 7) is 1.36. The first-order valence-electron chi connectivity index (χ1n) is 10.2. The number of fused-ring (bicyclic) bond motifs is 2. The third kappa shape index (κ3) is 3.37. The minimum absolute atomic E-state index is 0.00419. The van der Waals surface area contributed by atoms with Gasteiger partial charge in [0.25, 0.3) is 5.91 Å². The number of nitrogens with zero attached hydrogens (tertiary/aromatic N) is 6. The second-order valence-corrected chi connectivity index (χ2v) is 7.85. The molecule has 0 aliphatic carbocycles. The number of anilines is 3. The summed E-state index contributed by atoms with van der Waals surface area (Å²) < 4.78 is 29.4. The highest BCUT2D eigenvalue weighted by Crippen LogP contribution is 2.33. The van der Waals surface area contributed by atoms with E-state index in [0.29, 0.717) is 26.1 Å². The summed E-state index contributed by atoms with van der Waals surface area (Å²) in [7, 11) is 0. The summed E-state index contributed by atoms with van der Waals surface area (Å²) in [4.78, 5) is 36.6. The molecule has 3 N–H and O–H groups in total. The summed E-state index contributed by atoms with van der Waals surface area (Å²) in [5.74, 6) is -1.91. The van der Waals surface area contributed by atoms with Crippen LogP contribution in [0.3, 0.4) is 0 Å². The highest BCUT2D eigenvalue weighted by molar-refractivity contribution is 6.12. The van der Waals surface area contributed by atoms with Gasteiger partial charge in [-0.15, -0.1) is 5.10 Å². The van der Waals surface area contributed by atoms with Crippen LogP contribution in [0.15, 0.2) is 24.8 Å². The molecule has 5 heterocycles. The summed E-state index contributed by atoms with van der Waals surface area (Å²) in [6.07, 6.45) is 6.63. The van der Waals surface area contributed by atoms with Crippen molar-refractivity contribution >= 4 is 34.7 Å². The molecule has 0 bridgehead atoms. The van der Waals surface area contributed by atoms with Gasteiger partial charge >= 0.3 is 0 Å². The summed E-state index contributed by atoms with van der Waals surface area (Å²) >= 11 is 0. The molecule has 32 heavy (non-hydrogen) atoms. The normalized spacial score (nSPS) is 18.7. The third-order valence-corrected chi connectivity index (χ3v) is 5.86. The molecule has 0 unspecified atom stereocenters. The van der Waals surface area contributed by atoms with Crippen LogP contribution < -0.4 is 16.0 Å². The number of hydrogen-bond donors (Lipinski definition) is 2. The summed E-state index contributed by atoms with van der Waals surface area (Å²) in [5.41, 5.74) is 6.23. The molecule has 2 aliphatic heterocycles. The Hall–Kier alpha value is -3.83. The lowest BCUT2D eigenvalue weighted by molar-refractivity contribution is -0.136. The largest absolute Gasteiger partial charge is 0.381 e. The molecule has 0 saturated carbocycles. The molecule has 0 spiro atoms. The van der Waals surface area contributed by atoms with Crippen molar-refractivity contribution in [1.82, 2.24) is 24.5 Å². The van der Waals surface area contributed by atoms with Crippen molar-refractivity contribution in [2.45, 2.75) is 25.3 Å². The molecule has 5 rings (SSSR count). The van der Waals surface area contributed by atoms with Gasteiger partial charge < -0.3 is 20.9 Å². The van der Waals surface area contributed by atoms with Crippen LogP contribution in [0.1, 0.15) is 29.6 Å². The van der Waals surface area contributed by atoms with E-state index in [1.807, 2.05) is 9.80 Å². The minimum atomic E-state index is -0.670. The van der Waals surface area contributed by atoms with Crippen LogP contribution in [0.4, 0.5) is 26.0 Å². The zero-order valence-corrected chi connectivity index (χ0v) is 17.0. The number of rotatable bonds is 3. The van der Waals surface area contributed by atoms with Crippen molar-refractivity contribution in [2.75, 3.05) is 35.6 Å². The monoisotopic (exact) mass is 442 g/mol. The predicted molar refractivity (Wildman–Crippen MR) is 111 cm³/mol. The van der Waals surface area contributed by atoms with Gasteiger partial charge in [-0.05, 0) is 12.8 Å². The molecular weight excluding hydrogens is 422 g/mol. The highest BCUT2D eigenvalue weighted by Gasteiger charge is 2.35. The van der Waals surface area contributed by atoms with Gasteiger partial charge in [-0.1, -0.05) is 0 Å². The van der Waals surface area contributed by atoms with Gasteiger partial charge in [0.2, 0.25) is 5.91 Å². The second kappa shape index (κ2) is 7.70. The Bertz CT molecular complexity index is 1230. The van der Waals surface area contributed by atoms with E-state index in [4.69, 9.17) is 5.73 Å². The van der Waals surface area contributed by atoms with Crippen LogP contribution in [-0.2, 0) is 4.79 Å². The van der Waals surface area contributed by atoms with E-state index in [1.54, 1.807) is 0 Å². The van der Waals surface area contributed by atoms with E-state index in [2.05, 4.69) is 20.4 Å². The predicted octanol–water partition coefficient (Wildman–Crippen LogP) is 1.44. The van der Waals surface area contributed by atoms with Crippen LogP contribution in [0.25, 0.3) is 5.65 Å². The smallest absolute Gasteiger partial charge is 0.263 e. The molecule has 1 atom stereocenters. The van der Waals surface area contributed by atoms with Gasteiger partial charge in [0, 0.05) is 32.1 Å². The van der Waals surface area contributed by atoms with Gasteiger partial charge in [-0.3, -0.25) is 14.6 Å². The number of piperazine rings is 1. The second-order valence-electron chi connectivity index (χ2n) is 7.85. The Morgan fingerprint density at radius 1 is 1.22 bits per heavy atom. The minimum Gasteiger partial charge on any atom is -0.381 e. The van der Waals surface area contributed by atoms with Gasteiger partial charge in [0.15, 0.2) is 23.1 Å². The lowest BCUT2D eigenvalue weighted by Crippen LogP contribution is -2.57.